The predicted octanol–water partition coefficient (Wildman–Crippen LogP) is 3.82. The van der Waals surface area contributed by atoms with Crippen LogP contribution in [0.4, 0.5) is 0 Å². The zero-order valence-electron chi connectivity index (χ0n) is 10.5. The van der Waals surface area contributed by atoms with Crippen molar-refractivity contribution in [1.29, 1.82) is 0 Å². The Morgan fingerprint density at radius 1 is 1.47 bits per heavy atom. The summed E-state index contributed by atoms with van der Waals surface area (Å²) < 4.78 is 0. The maximum Gasteiger partial charge on any atom is 0.0943 e. The molecule has 0 aliphatic rings. The van der Waals surface area contributed by atoms with Gasteiger partial charge in [0.25, 0.3) is 0 Å². The summed E-state index contributed by atoms with van der Waals surface area (Å²) in [5, 5.41) is 0. The molecule has 0 saturated carbocycles. The Morgan fingerprint density at radius 3 is 2.67 bits per heavy atom. The van der Waals surface area contributed by atoms with Crippen LogP contribution in [0.1, 0.15) is 40.0 Å². The van der Waals surface area contributed by atoms with Crippen LogP contribution < -0.4 is 0 Å². The molecule has 0 unspecified atom stereocenters. The third kappa shape index (κ3) is 7.98. The van der Waals surface area contributed by atoms with Gasteiger partial charge in [0.15, 0.2) is 0 Å². The molecule has 0 saturated heterocycles. The Kier molecular flexibility index (Phi) is 7.69. The second-order valence-corrected chi connectivity index (χ2v) is 4.23. The Labute approximate surface area is 94.4 Å². The highest BCUT2D eigenvalue weighted by molar-refractivity contribution is 5.57. The Balaban J connectivity index is 3.86. The molecule has 0 amide bonds. The fourth-order valence-electron chi connectivity index (χ4n) is 1.22. The quantitative estimate of drug-likeness (QED) is 0.353. The number of nitrogens with zero attached hydrogens (tertiary/aromatic N) is 2. The third-order valence-corrected chi connectivity index (χ3v) is 2.33. The van der Waals surface area contributed by atoms with Crippen molar-refractivity contribution < 1.29 is 0 Å². The van der Waals surface area contributed by atoms with E-state index >= 15 is 0 Å². The van der Waals surface area contributed by atoms with Crippen molar-refractivity contribution in [2.45, 2.75) is 40.0 Å². The SMILES string of the molecule is C=C/N=C\N(C)/C(C)=C/CCCC(C)C. The number of hydrogen-bond donors (Lipinski definition) is 0. The van der Waals surface area contributed by atoms with Gasteiger partial charge >= 0.3 is 0 Å². The Hall–Kier alpha value is -1.05. The van der Waals surface area contributed by atoms with Crippen LogP contribution in [-0.2, 0) is 0 Å². The van der Waals surface area contributed by atoms with E-state index in [1.807, 2.05) is 11.9 Å². The van der Waals surface area contributed by atoms with E-state index in [1.165, 1.54) is 18.5 Å². The van der Waals surface area contributed by atoms with Crippen LogP contribution in [-0.4, -0.2) is 18.3 Å². The molecule has 15 heavy (non-hydrogen) atoms. The van der Waals surface area contributed by atoms with Gasteiger partial charge in [0.1, 0.15) is 0 Å². The summed E-state index contributed by atoms with van der Waals surface area (Å²) in [4.78, 5) is 5.98. The van der Waals surface area contributed by atoms with E-state index < -0.39 is 0 Å². The topological polar surface area (TPSA) is 15.6 Å². The molecule has 0 aliphatic heterocycles. The van der Waals surface area contributed by atoms with Crippen molar-refractivity contribution in [3.63, 3.8) is 0 Å². The molecule has 0 rings (SSSR count). The standard InChI is InChI=1S/C13H24N2/c1-6-14-11-15(5)13(4)10-8-7-9-12(2)3/h6,10-12H,1,7-9H2,2-5H3/b13-10+,14-11-. The Bertz CT molecular complexity index is 227. The van der Waals surface area contributed by atoms with Crippen LogP contribution in [0.3, 0.4) is 0 Å². The minimum absolute atomic E-state index is 0.804. The first-order chi connectivity index (χ1) is 7.07. The molecule has 0 heterocycles. The van der Waals surface area contributed by atoms with Gasteiger partial charge in [0, 0.05) is 18.9 Å². The fraction of sp³-hybridized carbons (Fsp3) is 0.615. The summed E-state index contributed by atoms with van der Waals surface area (Å²) in [6.07, 6.45) is 9.30. The summed E-state index contributed by atoms with van der Waals surface area (Å²) in [7, 11) is 2.00. The van der Waals surface area contributed by atoms with E-state index in [1.54, 1.807) is 12.5 Å². The summed E-state index contributed by atoms with van der Waals surface area (Å²) in [6.45, 7) is 10.2. The zero-order valence-corrected chi connectivity index (χ0v) is 10.5. The summed E-state index contributed by atoms with van der Waals surface area (Å²) >= 11 is 0. The van der Waals surface area contributed by atoms with Gasteiger partial charge in [-0.3, -0.25) is 0 Å². The first-order valence-electron chi connectivity index (χ1n) is 5.61. The van der Waals surface area contributed by atoms with Crippen molar-refractivity contribution in [3.05, 3.63) is 24.6 Å². The Morgan fingerprint density at radius 2 is 2.13 bits per heavy atom. The van der Waals surface area contributed by atoms with Crippen molar-refractivity contribution in [2.24, 2.45) is 10.9 Å². The second kappa shape index (κ2) is 8.27. The maximum absolute atomic E-state index is 3.97. The lowest BCUT2D eigenvalue weighted by atomic mass is 10.1. The normalized spacial score (nSPS) is 12.5. The lowest BCUT2D eigenvalue weighted by molar-refractivity contribution is 0.555. The molecular formula is C13H24N2. The number of rotatable bonds is 7. The summed E-state index contributed by atoms with van der Waals surface area (Å²) in [6, 6.07) is 0. The van der Waals surface area contributed by atoms with Gasteiger partial charge in [0.2, 0.25) is 0 Å². The molecule has 0 aromatic heterocycles. The molecule has 0 aromatic carbocycles. The lowest BCUT2D eigenvalue weighted by Crippen LogP contribution is -2.12. The van der Waals surface area contributed by atoms with Crippen LogP contribution in [0, 0.1) is 5.92 Å². The maximum atomic E-state index is 3.97. The van der Waals surface area contributed by atoms with Gasteiger partial charge < -0.3 is 4.90 Å². The number of unbranched alkanes of at least 4 members (excludes halogenated alkanes) is 1. The molecule has 2 nitrogen and oxygen atoms in total. The highest BCUT2D eigenvalue weighted by Crippen LogP contribution is 2.08. The van der Waals surface area contributed by atoms with Gasteiger partial charge in [0.05, 0.1) is 6.34 Å². The second-order valence-electron chi connectivity index (χ2n) is 4.23. The monoisotopic (exact) mass is 208 g/mol. The zero-order chi connectivity index (χ0) is 11.7. The lowest BCUT2D eigenvalue weighted by Gasteiger charge is -2.13. The van der Waals surface area contributed by atoms with Gasteiger partial charge in [-0.05, 0) is 25.7 Å². The van der Waals surface area contributed by atoms with Gasteiger partial charge in [-0.25, -0.2) is 4.99 Å². The highest BCUT2D eigenvalue weighted by Gasteiger charge is 1.95. The summed E-state index contributed by atoms with van der Waals surface area (Å²) in [5.74, 6) is 0.804. The van der Waals surface area contributed by atoms with E-state index in [9.17, 15) is 0 Å². The largest absolute Gasteiger partial charge is 0.340 e. The van der Waals surface area contributed by atoms with Gasteiger partial charge in [-0.15, -0.1) is 0 Å². The highest BCUT2D eigenvalue weighted by atomic mass is 15.1. The molecular weight excluding hydrogens is 184 g/mol. The van der Waals surface area contributed by atoms with E-state index in [4.69, 9.17) is 0 Å². The molecule has 2 heteroatoms. The molecule has 0 N–H and O–H groups in total. The minimum atomic E-state index is 0.804. The van der Waals surface area contributed by atoms with E-state index in [2.05, 4.69) is 38.4 Å². The van der Waals surface area contributed by atoms with Crippen LogP contribution in [0.15, 0.2) is 29.5 Å². The third-order valence-electron chi connectivity index (χ3n) is 2.33. The van der Waals surface area contributed by atoms with Crippen LogP contribution in [0.25, 0.3) is 0 Å². The molecule has 0 fully saturated rings. The first kappa shape index (κ1) is 13.9. The van der Waals surface area contributed by atoms with Gasteiger partial charge in [-0.1, -0.05) is 32.9 Å². The molecule has 0 atom stereocenters. The van der Waals surface area contributed by atoms with Crippen LogP contribution >= 0.6 is 0 Å². The minimum Gasteiger partial charge on any atom is -0.340 e. The summed E-state index contributed by atoms with van der Waals surface area (Å²) in [5.41, 5.74) is 1.24. The van der Waals surface area contributed by atoms with E-state index in [-0.39, 0.29) is 0 Å². The van der Waals surface area contributed by atoms with Crippen molar-refractivity contribution in [2.75, 3.05) is 7.05 Å². The fourth-order valence-corrected chi connectivity index (χ4v) is 1.22. The molecule has 86 valence electrons. The van der Waals surface area contributed by atoms with Crippen LogP contribution in [0.2, 0.25) is 0 Å². The molecule has 0 aromatic rings. The first-order valence-corrected chi connectivity index (χ1v) is 5.61. The smallest absolute Gasteiger partial charge is 0.0943 e. The predicted molar refractivity (Wildman–Crippen MR) is 68.9 cm³/mol. The molecule has 0 spiro atoms. The van der Waals surface area contributed by atoms with Crippen LogP contribution in [0.5, 0.6) is 0 Å². The number of aliphatic imine (C=N–C) groups is 1. The molecule has 0 aliphatic carbocycles. The molecule has 0 radical (unpaired) electrons. The van der Waals surface area contributed by atoms with Crippen molar-refractivity contribution in [3.8, 4) is 0 Å². The molecule has 0 bridgehead atoms. The van der Waals surface area contributed by atoms with Crippen molar-refractivity contribution in [1.82, 2.24) is 4.90 Å². The van der Waals surface area contributed by atoms with Crippen molar-refractivity contribution >= 4 is 6.34 Å². The number of allylic oxidation sites excluding steroid dienone is 2. The van der Waals surface area contributed by atoms with Gasteiger partial charge in [-0.2, -0.15) is 0 Å². The van der Waals surface area contributed by atoms with E-state index in [0.29, 0.717) is 0 Å². The average molecular weight is 208 g/mol. The average Bonchev–Trinajstić information content (AvgIpc) is 2.20. The van der Waals surface area contributed by atoms with E-state index in [0.717, 1.165) is 12.3 Å². The number of hydrogen-bond acceptors (Lipinski definition) is 1.